The molecule has 0 spiro atoms. The molecular formula is C15H26N2O2. The Hall–Kier alpha value is -1.16. The van der Waals surface area contributed by atoms with Gasteiger partial charge in [-0.2, -0.15) is 0 Å². The molecule has 1 aromatic carbocycles. The number of hydrogen-bond acceptors (Lipinski definition) is 4. The maximum Gasteiger partial charge on any atom is 0.249 e. The van der Waals surface area contributed by atoms with E-state index < -0.39 is 0 Å². The Balaban J connectivity index is 2.79. The Kier molecular flexibility index (Phi) is 4.91. The second-order valence-corrected chi connectivity index (χ2v) is 6.36. The van der Waals surface area contributed by atoms with E-state index in [1.165, 1.54) is 0 Å². The molecule has 0 bridgehead atoms. The summed E-state index contributed by atoms with van der Waals surface area (Å²) in [6, 6.07) is 0. The van der Waals surface area contributed by atoms with Crippen LogP contribution in [0.4, 0.5) is 5.69 Å². The molecule has 0 unspecified atom stereocenters. The first-order chi connectivity index (χ1) is 8.70. The summed E-state index contributed by atoms with van der Waals surface area (Å²) in [5.74, 6) is 0. The monoisotopic (exact) mass is 266 g/mol. The first-order valence-electron chi connectivity index (χ1n) is 6.93. The van der Waals surface area contributed by atoms with Gasteiger partial charge in [-0.1, -0.05) is 27.7 Å². The van der Waals surface area contributed by atoms with Crippen LogP contribution in [0.5, 0.6) is 0 Å². The van der Waals surface area contributed by atoms with E-state index in [1.807, 2.05) is 32.7 Å². The lowest BCUT2D eigenvalue weighted by Crippen LogP contribution is -2.47. The van der Waals surface area contributed by atoms with Crippen LogP contribution in [0.25, 0.3) is 0 Å². The van der Waals surface area contributed by atoms with Gasteiger partial charge < -0.3 is 9.80 Å². The zero-order chi connectivity index (χ0) is 14.8. The predicted octanol–water partition coefficient (Wildman–Crippen LogP) is 1.36. The van der Waals surface area contributed by atoms with Gasteiger partial charge in [-0.25, -0.2) is 0 Å². The third kappa shape index (κ3) is 3.44. The molecule has 0 saturated carbocycles. The van der Waals surface area contributed by atoms with Crippen molar-refractivity contribution in [3.63, 3.8) is 0 Å². The van der Waals surface area contributed by atoms with E-state index in [2.05, 4.69) is 18.9 Å². The average molecular weight is 266 g/mol. The molecule has 1 rings (SSSR count). The van der Waals surface area contributed by atoms with Crippen molar-refractivity contribution in [2.24, 2.45) is 0 Å². The second kappa shape index (κ2) is 5.87. The fourth-order valence-corrected chi connectivity index (χ4v) is 2.37. The summed E-state index contributed by atoms with van der Waals surface area (Å²) >= 11 is 0. The van der Waals surface area contributed by atoms with Gasteiger partial charge in [-0.05, 0) is 25.4 Å². The Morgan fingerprint density at radius 3 is 2.00 bits per heavy atom. The zero-order valence-electron chi connectivity index (χ0n) is 13.0. The standard InChI is InChI=1S/C15H26N2O2/c1-7-8-16(5)9-10-17(6)12-11(15(2,3)4)13(18)14(12)19/h7-10H2,1-6H3. The van der Waals surface area contributed by atoms with Gasteiger partial charge in [0, 0.05) is 25.7 Å². The van der Waals surface area contributed by atoms with Crippen LogP contribution in [0.1, 0.15) is 39.7 Å². The lowest BCUT2D eigenvalue weighted by atomic mass is 9.82. The summed E-state index contributed by atoms with van der Waals surface area (Å²) in [4.78, 5) is 27.6. The summed E-state index contributed by atoms with van der Waals surface area (Å²) in [5.41, 5.74) is 0.395. The highest BCUT2D eigenvalue weighted by atomic mass is 16.2. The van der Waals surface area contributed by atoms with Crippen LogP contribution in [-0.4, -0.2) is 38.6 Å². The van der Waals surface area contributed by atoms with E-state index in [0.29, 0.717) is 11.3 Å². The lowest BCUT2D eigenvalue weighted by Gasteiger charge is -2.30. The number of hydrogen-bond donors (Lipinski definition) is 0. The molecule has 1 aromatic rings. The minimum atomic E-state index is -0.328. The van der Waals surface area contributed by atoms with Gasteiger partial charge in [0.05, 0.1) is 5.69 Å². The van der Waals surface area contributed by atoms with Gasteiger partial charge in [0.2, 0.25) is 10.9 Å². The Bertz CT molecular complexity index is 493. The molecule has 0 amide bonds. The van der Waals surface area contributed by atoms with Crippen molar-refractivity contribution in [3.05, 3.63) is 26.0 Å². The van der Waals surface area contributed by atoms with E-state index >= 15 is 0 Å². The SMILES string of the molecule is CCCN(C)CCN(C)c1c(C(C)(C)C)c(=O)c1=O. The maximum atomic E-state index is 11.8. The topological polar surface area (TPSA) is 40.6 Å². The van der Waals surface area contributed by atoms with Gasteiger partial charge in [-0.15, -0.1) is 0 Å². The molecule has 0 aromatic heterocycles. The van der Waals surface area contributed by atoms with Crippen molar-refractivity contribution >= 4 is 5.69 Å². The van der Waals surface area contributed by atoms with Crippen LogP contribution in [-0.2, 0) is 5.41 Å². The van der Waals surface area contributed by atoms with Gasteiger partial charge in [0.25, 0.3) is 0 Å². The van der Waals surface area contributed by atoms with Crippen molar-refractivity contribution in [3.8, 4) is 0 Å². The molecule has 4 heteroatoms. The molecule has 0 aliphatic rings. The van der Waals surface area contributed by atoms with Crippen LogP contribution in [0.2, 0.25) is 0 Å². The van der Waals surface area contributed by atoms with Gasteiger partial charge in [-0.3, -0.25) is 9.59 Å². The van der Waals surface area contributed by atoms with E-state index in [-0.39, 0.29) is 16.3 Å². The first kappa shape index (κ1) is 15.9. The number of nitrogens with zero attached hydrogens (tertiary/aromatic N) is 2. The summed E-state index contributed by atoms with van der Waals surface area (Å²) in [6.45, 7) is 10.8. The van der Waals surface area contributed by atoms with E-state index in [9.17, 15) is 9.59 Å². The molecule has 0 saturated heterocycles. The molecular weight excluding hydrogens is 240 g/mol. The number of anilines is 1. The van der Waals surface area contributed by atoms with Crippen LogP contribution >= 0.6 is 0 Å². The molecule has 19 heavy (non-hydrogen) atoms. The molecule has 0 atom stereocenters. The van der Waals surface area contributed by atoms with E-state index in [4.69, 9.17) is 0 Å². The smallest absolute Gasteiger partial charge is 0.249 e. The second-order valence-electron chi connectivity index (χ2n) is 6.36. The van der Waals surface area contributed by atoms with Crippen molar-refractivity contribution in [2.75, 3.05) is 38.6 Å². The largest absolute Gasteiger partial charge is 0.370 e. The van der Waals surface area contributed by atoms with Crippen molar-refractivity contribution in [1.82, 2.24) is 4.90 Å². The number of rotatable bonds is 6. The Morgan fingerprint density at radius 1 is 0.947 bits per heavy atom. The molecule has 0 aliphatic carbocycles. The molecule has 0 aliphatic heterocycles. The fourth-order valence-electron chi connectivity index (χ4n) is 2.37. The molecule has 108 valence electrons. The molecule has 0 N–H and O–H groups in total. The minimum Gasteiger partial charge on any atom is -0.370 e. The molecule has 0 radical (unpaired) electrons. The third-order valence-electron chi connectivity index (χ3n) is 3.44. The minimum absolute atomic E-state index is 0.260. The fraction of sp³-hybridized carbons (Fsp3) is 0.733. The first-order valence-corrected chi connectivity index (χ1v) is 6.93. The van der Waals surface area contributed by atoms with Gasteiger partial charge in [0.1, 0.15) is 0 Å². The Morgan fingerprint density at radius 2 is 1.53 bits per heavy atom. The summed E-state index contributed by atoms with van der Waals surface area (Å²) in [5, 5.41) is 0. The highest BCUT2D eigenvalue weighted by molar-refractivity contribution is 5.60. The Labute approximate surface area is 115 Å². The normalized spacial score (nSPS) is 12.4. The van der Waals surface area contributed by atoms with Crippen LogP contribution in [0.3, 0.4) is 0 Å². The molecule has 0 heterocycles. The lowest BCUT2D eigenvalue weighted by molar-refractivity contribution is 0.342. The molecule has 0 fully saturated rings. The zero-order valence-corrected chi connectivity index (χ0v) is 13.0. The highest BCUT2D eigenvalue weighted by Crippen LogP contribution is 2.27. The third-order valence-corrected chi connectivity index (χ3v) is 3.44. The van der Waals surface area contributed by atoms with Gasteiger partial charge in [0.15, 0.2) is 0 Å². The van der Waals surface area contributed by atoms with Gasteiger partial charge >= 0.3 is 0 Å². The predicted molar refractivity (Wildman–Crippen MR) is 81.1 cm³/mol. The van der Waals surface area contributed by atoms with E-state index in [1.54, 1.807) is 0 Å². The van der Waals surface area contributed by atoms with E-state index in [0.717, 1.165) is 26.1 Å². The van der Waals surface area contributed by atoms with Crippen LogP contribution in [0.15, 0.2) is 9.59 Å². The summed E-state index contributed by atoms with van der Waals surface area (Å²) in [6.07, 6.45) is 1.12. The van der Waals surface area contributed by atoms with Crippen molar-refractivity contribution in [2.45, 2.75) is 39.5 Å². The van der Waals surface area contributed by atoms with Crippen LogP contribution in [0, 0.1) is 0 Å². The van der Waals surface area contributed by atoms with Crippen molar-refractivity contribution in [1.29, 1.82) is 0 Å². The summed E-state index contributed by atoms with van der Waals surface area (Å²) < 4.78 is 0. The molecule has 4 nitrogen and oxygen atoms in total. The van der Waals surface area contributed by atoms with Crippen LogP contribution < -0.4 is 15.8 Å². The maximum absolute atomic E-state index is 11.8. The summed E-state index contributed by atoms with van der Waals surface area (Å²) in [7, 11) is 3.97. The quantitative estimate of drug-likeness (QED) is 0.729. The van der Waals surface area contributed by atoms with Crippen molar-refractivity contribution < 1.29 is 0 Å². The average Bonchev–Trinajstić information content (AvgIpc) is 2.30. The number of likely N-dealkylation sites (N-methyl/N-ethyl adjacent to an activating group) is 2. The highest BCUT2D eigenvalue weighted by Gasteiger charge is 2.32.